The average Bonchev–Trinajstić information content (AvgIpc) is 1.67. The number of aromatic nitrogens is 24. The zero-order chi connectivity index (χ0) is 108. The summed E-state index contributed by atoms with van der Waals surface area (Å²) in [6, 6.07) is 0. The van der Waals surface area contributed by atoms with Crippen molar-refractivity contribution in [2.45, 2.75) is 203 Å². The minimum absolute atomic E-state index is 0.0686. The van der Waals surface area contributed by atoms with Gasteiger partial charge in [-0.2, -0.15) is 0 Å². The number of aliphatic hydroxyl groups excluding tert-OH is 12. The number of nitrogen functional groups attached to an aromatic ring is 6. The van der Waals surface area contributed by atoms with Gasteiger partial charge in [0.25, 0.3) is 0 Å². The van der Waals surface area contributed by atoms with Gasteiger partial charge in [0.15, 0.2) is 157 Å². The van der Waals surface area contributed by atoms with Gasteiger partial charge in [0.05, 0.1) is 36.6 Å². The Morgan fingerprint density at radius 2 is 0.599 bits per heavy atom. The molecular formula is C87H135BrClIN30O18P6S3. The van der Waals surface area contributed by atoms with Gasteiger partial charge < -0.3 is 129 Å². The number of anilines is 6. The third-order valence-corrected chi connectivity index (χ3v) is 37.2. The summed E-state index contributed by atoms with van der Waals surface area (Å²) in [5, 5.41) is 127. The highest BCUT2D eigenvalue weighted by Crippen LogP contribution is 2.49. The fourth-order valence-corrected chi connectivity index (χ4v) is 26.0. The number of fused-ring (bicyclic) bond motifs is 6. The lowest BCUT2D eigenvalue weighted by Crippen LogP contribution is -2.32. The summed E-state index contributed by atoms with van der Waals surface area (Å²) >= 11 is 19.8. The third kappa shape index (κ3) is 27.4. The summed E-state index contributed by atoms with van der Waals surface area (Å²) in [6.07, 6.45) is 23.9. The molecule has 810 valence electrons. The lowest BCUT2D eigenvalue weighted by molar-refractivity contribution is -0.0400. The van der Waals surface area contributed by atoms with Crippen molar-refractivity contribution >= 4 is 267 Å². The summed E-state index contributed by atoms with van der Waals surface area (Å²) in [4.78, 5) is 73.4. The molecule has 12 aromatic rings. The van der Waals surface area contributed by atoms with Crippen LogP contribution < -0.4 is 34.4 Å². The first-order chi connectivity index (χ1) is 68.7. The van der Waals surface area contributed by atoms with Crippen molar-refractivity contribution in [2.75, 3.05) is 163 Å². The molecule has 0 aromatic carbocycles. The van der Waals surface area contributed by atoms with E-state index < -0.39 is 189 Å². The van der Waals surface area contributed by atoms with E-state index in [-0.39, 0.29) is 40.2 Å². The van der Waals surface area contributed by atoms with Gasteiger partial charge in [0.1, 0.15) is 117 Å². The van der Waals surface area contributed by atoms with Crippen molar-refractivity contribution < 1.29 is 89.7 Å². The van der Waals surface area contributed by atoms with Crippen LogP contribution in [0.1, 0.15) is 82.8 Å². The van der Waals surface area contributed by atoms with Crippen LogP contribution in [-0.4, -0.2) is 455 Å². The number of hydrogen-bond acceptors (Lipinski definition) is 44. The van der Waals surface area contributed by atoms with Crippen LogP contribution >= 0.6 is 127 Å². The van der Waals surface area contributed by atoms with E-state index in [2.05, 4.69) is 223 Å². The molecule has 12 aromatic heterocycles. The second-order valence-corrected chi connectivity index (χ2v) is 71.1. The maximum atomic E-state index is 10.6. The van der Waals surface area contributed by atoms with Crippen LogP contribution in [0.5, 0.6) is 0 Å². The molecule has 0 unspecified atom stereocenters. The quantitative estimate of drug-likeness (QED) is 0.0102. The molecule has 18 rings (SSSR count). The average molecular weight is 2410 g/mol. The molecule has 18 heterocycles. The molecule has 6 aliphatic rings. The number of H-pyrrole nitrogens is 1. The molecule has 0 amide bonds. The first-order valence-electron chi connectivity index (χ1n) is 46.6. The molecule has 0 spiro atoms. The molecule has 0 bridgehead atoms. The minimum atomic E-state index is -1.25. The smallest absolute Gasteiger partial charge is 0.207 e. The van der Waals surface area contributed by atoms with E-state index in [0.717, 1.165) is 42.7 Å². The number of thioether (sulfide) groups is 2. The number of hydrogen-bond donors (Lipinski definition) is 19. The Bertz CT molecular complexity index is 6750. The van der Waals surface area contributed by atoms with E-state index in [0.29, 0.717) is 129 Å². The predicted molar refractivity (Wildman–Crippen MR) is 607 cm³/mol. The van der Waals surface area contributed by atoms with Gasteiger partial charge in [-0.1, -0.05) is 30.4 Å². The number of aliphatic hydroxyl groups is 12. The number of aromatic amines is 1. The molecule has 0 radical (unpaired) electrons. The van der Waals surface area contributed by atoms with E-state index in [1.165, 1.54) is 66.1 Å². The fourth-order valence-electron chi connectivity index (χ4n) is 17.2. The molecule has 48 nitrogen and oxygen atoms in total. The van der Waals surface area contributed by atoms with E-state index in [1.807, 2.05) is 35.8 Å². The van der Waals surface area contributed by atoms with Crippen molar-refractivity contribution in [3.63, 3.8) is 0 Å². The van der Waals surface area contributed by atoms with Gasteiger partial charge in [-0.3, -0.25) is 27.4 Å². The summed E-state index contributed by atoms with van der Waals surface area (Å²) in [5.41, 5.74) is 40.4. The highest BCUT2D eigenvalue weighted by atomic mass is 127. The molecule has 0 aliphatic carbocycles. The topological polar surface area (TPSA) is 719 Å². The summed E-state index contributed by atoms with van der Waals surface area (Å²) in [5.74, 6) is 2.29. The summed E-state index contributed by atoms with van der Waals surface area (Å²) < 4.78 is 46.7. The highest BCUT2D eigenvalue weighted by Gasteiger charge is 2.52. The number of halogens is 3. The monoisotopic (exact) mass is 2410 g/mol. The van der Waals surface area contributed by atoms with Gasteiger partial charge in [-0.15, -0.1) is 79.1 Å². The molecule has 24 atom stereocenters. The van der Waals surface area contributed by atoms with Crippen LogP contribution in [-0.2, 0) is 28.4 Å². The Morgan fingerprint density at radius 3 is 0.918 bits per heavy atom. The molecule has 0 saturated carbocycles. The van der Waals surface area contributed by atoms with E-state index in [9.17, 15) is 61.3 Å². The number of nitrogens with two attached hydrogens (primary N) is 6. The zero-order valence-electron chi connectivity index (χ0n) is 83.9. The van der Waals surface area contributed by atoms with E-state index in [4.69, 9.17) is 86.6 Å². The Hall–Kier alpha value is -6.40. The zero-order valence-corrected chi connectivity index (χ0v) is 96.2. The molecule has 25 N–H and O–H groups in total. The molecule has 147 heavy (non-hydrogen) atoms. The second-order valence-electron chi connectivity index (χ2n) is 40.8. The largest absolute Gasteiger partial charge is 0.388 e. The third-order valence-electron chi connectivity index (χ3n) is 25.0. The maximum absolute atomic E-state index is 10.6. The Kier molecular flexibility index (Phi) is 38.3. The SMILES string of the molecule is C=P(C)(C)CC[C@H]1O[C@@H](n2c(=S)[nH]c3c(N)ncnc32)[C@H](O)[C@@H]1O.C=P(C)(C)CC[C@H]1O[C@@H](n2c(Br)nc3c(N)ncnc32)[C@H](O)[C@@H]1O.C=P(C)(C)CC[C@H]1O[C@@H](n2c(Cl)nc3c(N)ncnc32)[C@H](O)[C@@H]1O.C=P(C)(C)CC[C@H]1O[C@@H](n2c(I)nc3c(N)ncnc32)[C@H](O)[C@@H]1O.C=P(C)(C)CC[C@H]1O[C@@H](n2c(SC)nc3c(N)ncnc32)[C@H](O)[C@@H]1O.C=P(C)(C)CC[C@H]1O[C@@H](n2c(SCC)nc3c(N)ncnc32)[C@H](O)[C@@H]1O. The number of ether oxygens (including phenoxy) is 6. The Balaban J connectivity index is 0.000000147. The first-order valence-corrected chi connectivity index (χ1v) is 69.8. The Morgan fingerprint density at radius 1 is 0.354 bits per heavy atom. The normalized spacial score (nSPS) is 27.5. The van der Waals surface area contributed by atoms with E-state index in [1.54, 1.807) is 22.8 Å². The first kappa shape index (κ1) is 118. The van der Waals surface area contributed by atoms with Crippen molar-refractivity contribution in [3.05, 3.63) is 56.6 Å². The molecule has 6 fully saturated rings. The van der Waals surface area contributed by atoms with Crippen molar-refractivity contribution in [2.24, 2.45) is 0 Å². The predicted octanol–water partition coefficient (Wildman–Crippen LogP) is 5.28. The standard InChI is InChI=1S/C16H26N5O3PS.C15H24N5O3PS.C14H21BrN5O3P.C14H21ClN5O3P.C14H21IN5O3P.C14H22N5O3PS/c1-5-26-16-20-10-13(17)18-8-19-14(10)21(16)15-12(23)11(22)9(24-15)6-7-25(2,3)4;1-24(2,3)6-5-8-10(21)11(22)14(23-8)20-13-9(19-15(20)25-4)12(16)17-7-18-13;3*1-24(2,3)5-4-7-9(21)10(22)13(23-7)20-12-8(19-14(20)15)11(16)17-6-18-12;1-23(2,3)5-4-7-9(20)10(21)13(22-7)19-12-8(18-14(19)24)11(15)16-6-17-12/h8-9,11-12,15,22-23H,2,5-7H2,1,3-4H3,(H2,17,18,19);7-8,10-11,14,21-22H,1,5-6H2,2-4H3,(H2,16,17,18);3*6-7,9-10,13,21-22H,1,4-5H2,2-3H3,(H2,16,17,18);6-7,9-10,13,20-21H,1,4-5H2,2-3H3,(H,18,24)(H2,15,16,17)/t9-,11-,12-,15-;8-,10-,11-,14-;4*7-,9-,10-,13-/m111111/s1. The van der Waals surface area contributed by atoms with Crippen LogP contribution in [0, 0.1) is 8.60 Å². The van der Waals surface area contributed by atoms with E-state index >= 15 is 0 Å². The van der Waals surface area contributed by atoms with Crippen molar-refractivity contribution in [1.29, 1.82) is 0 Å². The minimum Gasteiger partial charge on any atom is -0.388 e. The fraction of sp³-hybridized carbons (Fsp3) is 0.586. The number of nitrogens with one attached hydrogen (secondary N) is 1. The van der Waals surface area contributed by atoms with Gasteiger partial charge in [-0.25, -0.2) is 84.7 Å². The van der Waals surface area contributed by atoms with Crippen LogP contribution in [0.15, 0.2) is 53.0 Å². The number of nitrogens with zero attached hydrogens (tertiary/aromatic N) is 23. The number of rotatable bonds is 27. The van der Waals surface area contributed by atoms with Gasteiger partial charge in [0, 0.05) is 22.6 Å². The molecule has 6 saturated heterocycles. The van der Waals surface area contributed by atoms with Crippen molar-refractivity contribution in [1.82, 2.24) is 117 Å². The molecule has 60 heteroatoms. The molecule has 6 aliphatic heterocycles. The van der Waals surface area contributed by atoms with Crippen LogP contribution in [0.2, 0.25) is 5.28 Å². The lowest BCUT2D eigenvalue weighted by Gasteiger charge is -2.19. The lowest BCUT2D eigenvalue weighted by atomic mass is 10.1. The molecular weight excluding hydrogens is 2280 g/mol. The number of imidazole rings is 6. The summed E-state index contributed by atoms with van der Waals surface area (Å²) in [6.45, 7) is 20.1. The second kappa shape index (κ2) is 47.9. The Labute approximate surface area is 889 Å². The highest BCUT2D eigenvalue weighted by molar-refractivity contribution is 14.1. The van der Waals surface area contributed by atoms with Gasteiger partial charge >= 0.3 is 0 Å². The maximum Gasteiger partial charge on any atom is 0.207 e. The van der Waals surface area contributed by atoms with Crippen molar-refractivity contribution in [3.8, 4) is 0 Å². The van der Waals surface area contributed by atoms with Crippen LogP contribution in [0.4, 0.5) is 34.9 Å². The van der Waals surface area contributed by atoms with Gasteiger partial charge in [0.2, 0.25) is 5.28 Å². The van der Waals surface area contributed by atoms with Gasteiger partial charge in [-0.05, 0) is 207 Å². The van der Waals surface area contributed by atoms with Crippen LogP contribution in [0.3, 0.4) is 0 Å². The summed E-state index contributed by atoms with van der Waals surface area (Å²) in [7, 11) is 0. The van der Waals surface area contributed by atoms with Crippen LogP contribution in [0.25, 0.3) is 67.0 Å².